The maximum atomic E-state index is 12.6. The van der Waals surface area contributed by atoms with Crippen LogP contribution in [0.15, 0.2) is 30.5 Å². The van der Waals surface area contributed by atoms with E-state index in [1.165, 1.54) is 12.1 Å². The number of aromatic nitrogens is 2. The molecule has 2 rings (SSSR count). The molecule has 7 heteroatoms. The lowest BCUT2D eigenvalue weighted by Gasteiger charge is -2.12. The van der Waals surface area contributed by atoms with E-state index in [0.717, 1.165) is 12.1 Å². The van der Waals surface area contributed by atoms with Crippen LogP contribution in [-0.2, 0) is 12.6 Å². The molecule has 0 fully saturated rings. The maximum absolute atomic E-state index is 12.6. The van der Waals surface area contributed by atoms with Crippen LogP contribution in [0.25, 0.3) is 11.3 Å². The summed E-state index contributed by atoms with van der Waals surface area (Å²) in [5.74, 6) is 0.633. The van der Waals surface area contributed by atoms with Gasteiger partial charge in [-0.15, -0.1) is 0 Å². The molecule has 0 aliphatic rings. The number of anilines is 1. The number of aryl methyl sites for hydroxylation is 1. The van der Waals surface area contributed by atoms with Crippen LogP contribution < -0.4 is 11.1 Å². The van der Waals surface area contributed by atoms with Crippen molar-refractivity contribution in [1.29, 1.82) is 0 Å². The van der Waals surface area contributed by atoms with Crippen LogP contribution in [-0.4, -0.2) is 23.1 Å². The smallest absolute Gasteiger partial charge is 0.381 e. The van der Waals surface area contributed by atoms with Crippen LogP contribution in [0.1, 0.15) is 18.3 Å². The molecule has 3 N–H and O–H groups in total. The van der Waals surface area contributed by atoms with Gasteiger partial charge in [-0.3, -0.25) is 0 Å². The number of halogens is 3. The first-order valence-electron chi connectivity index (χ1n) is 6.93. The molecule has 0 saturated carbocycles. The normalized spacial score (nSPS) is 11.5. The van der Waals surface area contributed by atoms with Gasteiger partial charge in [-0.1, -0.05) is 19.1 Å². The van der Waals surface area contributed by atoms with Gasteiger partial charge >= 0.3 is 6.18 Å². The summed E-state index contributed by atoms with van der Waals surface area (Å²) >= 11 is 0. The largest absolute Gasteiger partial charge is 0.416 e. The molecule has 0 saturated heterocycles. The van der Waals surface area contributed by atoms with Gasteiger partial charge in [0.25, 0.3) is 0 Å². The number of rotatable bonds is 5. The lowest BCUT2D eigenvalue weighted by molar-refractivity contribution is -0.137. The Morgan fingerprint density at radius 2 is 1.86 bits per heavy atom. The predicted octanol–water partition coefficient (Wildman–Crippen LogP) is 3.10. The first-order valence-corrected chi connectivity index (χ1v) is 6.93. The summed E-state index contributed by atoms with van der Waals surface area (Å²) < 4.78 is 37.9. The van der Waals surface area contributed by atoms with Gasteiger partial charge in [0.05, 0.1) is 23.1 Å². The van der Waals surface area contributed by atoms with Crippen LogP contribution in [0.5, 0.6) is 0 Å². The standard InChI is InChI=1S/C15H17F3N4/c1-2-13-21-9-12(20-8-7-19)14(22-13)10-3-5-11(6-4-10)15(16,17)18/h3-6,9,20H,2,7-8,19H2,1H3. The third-order valence-electron chi connectivity index (χ3n) is 3.10. The van der Waals surface area contributed by atoms with Gasteiger partial charge in [-0.05, 0) is 12.1 Å². The van der Waals surface area contributed by atoms with Crippen molar-refractivity contribution in [2.24, 2.45) is 5.73 Å². The summed E-state index contributed by atoms with van der Waals surface area (Å²) in [7, 11) is 0. The highest BCUT2D eigenvalue weighted by molar-refractivity contribution is 5.73. The van der Waals surface area contributed by atoms with Crippen molar-refractivity contribution in [3.8, 4) is 11.3 Å². The highest BCUT2D eigenvalue weighted by Gasteiger charge is 2.30. The highest BCUT2D eigenvalue weighted by atomic mass is 19.4. The Labute approximate surface area is 126 Å². The molecule has 0 aliphatic heterocycles. The van der Waals surface area contributed by atoms with Crippen molar-refractivity contribution in [3.05, 3.63) is 41.9 Å². The summed E-state index contributed by atoms with van der Waals surface area (Å²) in [5, 5.41) is 3.09. The lowest BCUT2D eigenvalue weighted by atomic mass is 10.1. The van der Waals surface area contributed by atoms with E-state index >= 15 is 0 Å². The van der Waals surface area contributed by atoms with Crippen LogP contribution in [0.2, 0.25) is 0 Å². The minimum atomic E-state index is -4.35. The zero-order valence-corrected chi connectivity index (χ0v) is 12.1. The van der Waals surface area contributed by atoms with Crippen molar-refractivity contribution in [2.75, 3.05) is 18.4 Å². The summed E-state index contributed by atoms with van der Waals surface area (Å²) in [6.45, 7) is 2.88. The number of alkyl halides is 3. The molecule has 1 heterocycles. The molecule has 0 amide bonds. The van der Waals surface area contributed by atoms with Gasteiger partial charge in [-0.25, -0.2) is 9.97 Å². The number of hydrogen-bond acceptors (Lipinski definition) is 4. The second kappa shape index (κ2) is 6.74. The monoisotopic (exact) mass is 310 g/mol. The number of nitrogens with one attached hydrogen (secondary N) is 1. The van der Waals surface area contributed by atoms with Gasteiger partial charge in [0.15, 0.2) is 0 Å². The van der Waals surface area contributed by atoms with Crippen molar-refractivity contribution in [1.82, 2.24) is 9.97 Å². The average molecular weight is 310 g/mol. The summed E-state index contributed by atoms with van der Waals surface area (Å²) in [6, 6.07) is 4.93. The first kappa shape index (κ1) is 16.2. The van der Waals surface area contributed by atoms with E-state index in [0.29, 0.717) is 42.3 Å². The number of nitrogens with zero attached hydrogens (tertiary/aromatic N) is 2. The number of hydrogen-bond donors (Lipinski definition) is 2. The Kier molecular flexibility index (Phi) is 4.97. The van der Waals surface area contributed by atoms with Gasteiger partial charge < -0.3 is 11.1 Å². The molecule has 0 bridgehead atoms. The molecule has 0 spiro atoms. The fourth-order valence-corrected chi connectivity index (χ4v) is 1.96. The molecule has 0 radical (unpaired) electrons. The zero-order valence-electron chi connectivity index (χ0n) is 12.1. The fourth-order valence-electron chi connectivity index (χ4n) is 1.96. The minimum absolute atomic E-state index is 0.433. The van der Waals surface area contributed by atoms with E-state index in [1.54, 1.807) is 6.20 Å². The van der Waals surface area contributed by atoms with Gasteiger partial charge in [0.1, 0.15) is 5.82 Å². The van der Waals surface area contributed by atoms with Crippen molar-refractivity contribution in [2.45, 2.75) is 19.5 Å². The van der Waals surface area contributed by atoms with E-state index in [4.69, 9.17) is 5.73 Å². The molecule has 2 aromatic rings. The quantitative estimate of drug-likeness (QED) is 0.891. The molecule has 118 valence electrons. The Balaban J connectivity index is 2.40. The molecular formula is C15H17F3N4. The van der Waals surface area contributed by atoms with Crippen LogP contribution >= 0.6 is 0 Å². The van der Waals surface area contributed by atoms with Gasteiger partial charge in [0, 0.05) is 25.1 Å². The SMILES string of the molecule is CCc1ncc(NCCN)c(-c2ccc(C(F)(F)F)cc2)n1. The molecule has 0 unspecified atom stereocenters. The van der Waals surface area contributed by atoms with E-state index in [-0.39, 0.29) is 0 Å². The molecule has 1 aromatic heterocycles. The van der Waals surface area contributed by atoms with Crippen LogP contribution in [0, 0.1) is 0 Å². The summed E-state index contributed by atoms with van der Waals surface area (Å²) in [6.07, 6.45) is -2.07. The fraction of sp³-hybridized carbons (Fsp3) is 0.333. The molecule has 22 heavy (non-hydrogen) atoms. The summed E-state index contributed by atoms with van der Waals surface area (Å²) in [5.41, 5.74) is 6.61. The second-order valence-corrected chi connectivity index (χ2v) is 4.69. The van der Waals surface area contributed by atoms with E-state index in [9.17, 15) is 13.2 Å². The Bertz CT molecular complexity index is 624. The Morgan fingerprint density at radius 3 is 2.41 bits per heavy atom. The zero-order chi connectivity index (χ0) is 16.2. The topological polar surface area (TPSA) is 63.8 Å². The van der Waals surface area contributed by atoms with Crippen molar-refractivity contribution < 1.29 is 13.2 Å². The molecule has 4 nitrogen and oxygen atoms in total. The number of benzene rings is 1. The van der Waals surface area contributed by atoms with Crippen LogP contribution in [0.4, 0.5) is 18.9 Å². The molecular weight excluding hydrogens is 293 g/mol. The third-order valence-corrected chi connectivity index (χ3v) is 3.10. The lowest BCUT2D eigenvalue weighted by Crippen LogP contribution is -2.14. The molecule has 0 atom stereocenters. The van der Waals surface area contributed by atoms with Crippen LogP contribution in [0.3, 0.4) is 0 Å². The highest BCUT2D eigenvalue weighted by Crippen LogP contribution is 2.32. The van der Waals surface area contributed by atoms with E-state index in [1.807, 2.05) is 6.92 Å². The van der Waals surface area contributed by atoms with Crippen molar-refractivity contribution in [3.63, 3.8) is 0 Å². The third kappa shape index (κ3) is 3.73. The Hall–Kier alpha value is -2.15. The van der Waals surface area contributed by atoms with Crippen molar-refractivity contribution >= 4 is 5.69 Å². The van der Waals surface area contributed by atoms with Gasteiger partial charge in [0.2, 0.25) is 0 Å². The molecule has 1 aromatic carbocycles. The Morgan fingerprint density at radius 1 is 1.18 bits per heavy atom. The van der Waals surface area contributed by atoms with E-state index < -0.39 is 11.7 Å². The predicted molar refractivity (Wildman–Crippen MR) is 79.4 cm³/mol. The summed E-state index contributed by atoms with van der Waals surface area (Å²) in [4.78, 5) is 8.61. The number of nitrogens with two attached hydrogens (primary N) is 1. The molecule has 0 aliphatic carbocycles. The minimum Gasteiger partial charge on any atom is -0.381 e. The van der Waals surface area contributed by atoms with Gasteiger partial charge in [-0.2, -0.15) is 13.2 Å². The first-order chi connectivity index (χ1) is 10.5. The average Bonchev–Trinajstić information content (AvgIpc) is 2.52. The second-order valence-electron chi connectivity index (χ2n) is 4.69. The maximum Gasteiger partial charge on any atom is 0.416 e. The van der Waals surface area contributed by atoms with E-state index in [2.05, 4.69) is 15.3 Å².